The van der Waals surface area contributed by atoms with E-state index >= 15 is 0 Å². The number of imidazole rings is 2. The van der Waals surface area contributed by atoms with Crippen molar-refractivity contribution < 1.29 is 19.7 Å². The topological polar surface area (TPSA) is 160 Å². The van der Waals surface area contributed by atoms with Gasteiger partial charge in [0, 0.05) is 31.5 Å². The van der Waals surface area contributed by atoms with Crippen molar-refractivity contribution >= 4 is 28.0 Å². The number of benzene rings is 1. The zero-order valence-corrected chi connectivity index (χ0v) is 24.1. The first-order chi connectivity index (χ1) is 19.6. The number of aryl methyl sites for hydroxylation is 1. The number of nitrogens with zero attached hydrogens (tertiary/aromatic N) is 6. The standard InChI is InChI=1S/C29H40N8O4/c1-29(2,13-40-4)17-6-7-19-20(11-17)35-22(34-19)8-5-16-9-18(10-16)36(3)12-21-24(38)25(39)28(41-21)37-15-33-23-26(30)31-14-32-27(23)37/h6-7,11,14-16,18,21,24-25,28,38-39H,5,8-10,12-13H2,1-4H3,(H,34,35)(H2,30,31,32)/t16?,18?,21-,24+,25+,28-/m1/s1. The van der Waals surface area contributed by atoms with Gasteiger partial charge in [-0.3, -0.25) is 4.57 Å². The van der Waals surface area contributed by atoms with Gasteiger partial charge in [-0.2, -0.15) is 0 Å². The van der Waals surface area contributed by atoms with Gasteiger partial charge in [-0.25, -0.2) is 19.9 Å². The van der Waals surface area contributed by atoms with E-state index in [9.17, 15) is 10.2 Å². The summed E-state index contributed by atoms with van der Waals surface area (Å²) in [5.41, 5.74) is 10.0. The molecule has 0 amide bonds. The van der Waals surface area contributed by atoms with Crippen molar-refractivity contribution in [2.24, 2.45) is 5.92 Å². The molecule has 4 atom stereocenters. The zero-order chi connectivity index (χ0) is 28.9. The predicted molar refractivity (Wildman–Crippen MR) is 154 cm³/mol. The fourth-order valence-corrected chi connectivity index (χ4v) is 6.28. The van der Waals surface area contributed by atoms with Gasteiger partial charge in [-0.15, -0.1) is 0 Å². The molecule has 220 valence electrons. The summed E-state index contributed by atoms with van der Waals surface area (Å²) in [5, 5.41) is 21.5. The Hall–Kier alpha value is -3.16. The maximum atomic E-state index is 10.8. The molecule has 1 saturated carbocycles. The molecule has 4 heterocycles. The predicted octanol–water partition coefficient (Wildman–Crippen LogP) is 2.17. The van der Waals surface area contributed by atoms with E-state index in [1.54, 1.807) is 11.7 Å². The summed E-state index contributed by atoms with van der Waals surface area (Å²) in [4.78, 5) is 23.0. The largest absolute Gasteiger partial charge is 0.387 e. The van der Waals surface area contributed by atoms with Crippen LogP contribution in [0.1, 0.15) is 50.7 Å². The Bertz CT molecular complexity index is 1510. The Morgan fingerprint density at radius 2 is 2.00 bits per heavy atom. The molecule has 12 heteroatoms. The van der Waals surface area contributed by atoms with Crippen LogP contribution in [-0.4, -0.2) is 96.3 Å². The number of aliphatic hydroxyl groups is 2. The molecule has 1 aromatic carbocycles. The molecular weight excluding hydrogens is 524 g/mol. The zero-order valence-electron chi connectivity index (χ0n) is 24.1. The van der Waals surface area contributed by atoms with Gasteiger partial charge in [-0.1, -0.05) is 19.9 Å². The van der Waals surface area contributed by atoms with Gasteiger partial charge in [0.15, 0.2) is 17.7 Å². The number of aliphatic hydroxyl groups excluding tert-OH is 2. The third-order valence-corrected chi connectivity index (χ3v) is 8.91. The van der Waals surface area contributed by atoms with Crippen LogP contribution < -0.4 is 5.73 Å². The number of aromatic nitrogens is 6. The Morgan fingerprint density at radius 1 is 1.20 bits per heavy atom. The molecular formula is C29H40N8O4. The molecule has 3 aromatic heterocycles. The lowest BCUT2D eigenvalue weighted by atomic mass is 9.76. The Kier molecular flexibility index (Phi) is 7.45. The minimum absolute atomic E-state index is 0.0584. The molecule has 0 bridgehead atoms. The van der Waals surface area contributed by atoms with Gasteiger partial charge in [0.25, 0.3) is 0 Å². The molecule has 4 aromatic rings. The average molecular weight is 565 g/mol. The number of nitrogens with one attached hydrogen (secondary N) is 1. The van der Waals surface area contributed by atoms with Crippen LogP contribution >= 0.6 is 0 Å². The molecule has 1 aliphatic heterocycles. The molecule has 6 rings (SSSR count). The molecule has 2 aliphatic rings. The highest BCUT2D eigenvalue weighted by Crippen LogP contribution is 2.37. The van der Waals surface area contributed by atoms with Crippen molar-refractivity contribution in [3.8, 4) is 0 Å². The Labute approximate surface area is 238 Å². The number of anilines is 1. The number of nitrogen functional groups attached to an aromatic ring is 1. The van der Waals surface area contributed by atoms with E-state index in [0.717, 1.165) is 42.5 Å². The number of hydrogen-bond acceptors (Lipinski definition) is 10. The number of likely N-dealkylation sites (N-methyl/N-ethyl adjacent to an activating group) is 1. The van der Waals surface area contributed by atoms with Crippen molar-refractivity contribution in [2.45, 2.75) is 75.5 Å². The van der Waals surface area contributed by atoms with Crippen molar-refractivity contribution in [1.82, 2.24) is 34.4 Å². The number of ether oxygens (including phenoxy) is 2. The lowest BCUT2D eigenvalue weighted by Gasteiger charge is -2.42. The van der Waals surface area contributed by atoms with E-state index in [1.165, 1.54) is 18.2 Å². The van der Waals surface area contributed by atoms with E-state index in [2.05, 4.69) is 63.9 Å². The fraction of sp³-hybridized carbons (Fsp3) is 0.586. The molecule has 2 fully saturated rings. The lowest BCUT2D eigenvalue weighted by molar-refractivity contribution is -0.0514. The van der Waals surface area contributed by atoms with Crippen LogP contribution in [0.15, 0.2) is 30.9 Å². The van der Waals surface area contributed by atoms with Gasteiger partial charge in [0.1, 0.15) is 36.0 Å². The van der Waals surface area contributed by atoms with Crippen LogP contribution in [0.4, 0.5) is 5.82 Å². The first kappa shape index (κ1) is 28.0. The third kappa shape index (κ3) is 5.30. The second-order valence-electron chi connectivity index (χ2n) is 12.3. The molecule has 41 heavy (non-hydrogen) atoms. The van der Waals surface area contributed by atoms with Crippen LogP contribution in [0, 0.1) is 5.92 Å². The SMILES string of the molecule is COCC(C)(C)c1ccc2nc(CCC3CC(N(C)C[C@H]4O[C@@H](n5cnc6c(N)ncnc65)[C@@H](O)[C@H]4O)C3)[nH]c2c1. The average Bonchev–Trinajstić information content (AvgIpc) is 3.60. The van der Waals surface area contributed by atoms with E-state index < -0.39 is 24.5 Å². The highest BCUT2D eigenvalue weighted by atomic mass is 16.6. The van der Waals surface area contributed by atoms with Crippen LogP contribution in [-0.2, 0) is 21.3 Å². The summed E-state index contributed by atoms with van der Waals surface area (Å²) in [7, 11) is 3.79. The summed E-state index contributed by atoms with van der Waals surface area (Å²) >= 11 is 0. The van der Waals surface area contributed by atoms with Crippen LogP contribution in [0.25, 0.3) is 22.2 Å². The molecule has 0 radical (unpaired) electrons. The number of rotatable bonds is 10. The van der Waals surface area contributed by atoms with Crippen molar-refractivity contribution in [3.63, 3.8) is 0 Å². The van der Waals surface area contributed by atoms with Crippen molar-refractivity contribution in [2.75, 3.05) is 33.0 Å². The number of aromatic amines is 1. The van der Waals surface area contributed by atoms with Crippen LogP contribution in [0.5, 0.6) is 0 Å². The maximum Gasteiger partial charge on any atom is 0.167 e. The van der Waals surface area contributed by atoms with Crippen molar-refractivity contribution in [1.29, 1.82) is 0 Å². The van der Waals surface area contributed by atoms with Gasteiger partial charge >= 0.3 is 0 Å². The number of hydrogen-bond donors (Lipinski definition) is 4. The summed E-state index contributed by atoms with van der Waals surface area (Å²) in [6.45, 7) is 5.55. The van der Waals surface area contributed by atoms with Gasteiger partial charge in [-0.05, 0) is 49.9 Å². The summed E-state index contributed by atoms with van der Waals surface area (Å²) in [6, 6.07) is 6.84. The third-order valence-electron chi connectivity index (χ3n) is 8.91. The summed E-state index contributed by atoms with van der Waals surface area (Å²) < 4.78 is 13.1. The lowest BCUT2D eigenvalue weighted by Crippen LogP contribution is -2.47. The summed E-state index contributed by atoms with van der Waals surface area (Å²) in [6.07, 6.45) is 3.56. The maximum absolute atomic E-state index is 10.8. The van der Waals surface area contributed by atoms with Crippen LogP contribution in [0.2, 0.25) is 0 Å². The van der Waals surface area contributed by atoms with Gasteiger partial charge in [0.05, 0.1) is 24.0 Å². The second kappa shape index (κ2) is 10.9. The van der Waals surface area contributed by atoms with E-state index in [1.807, 2.05) is 0 Å². The van der Waals surface area contributed by atoms with E-state index in [4.69, 9.17) is 20.2 Å². The smallest absolute Gasteiger partial charge is 0.167 e. The van der Waals surface area contributed by atoms with Crippen LogP contribution in [0.3, 0.4) is 0 Å². The molecule has 12 nitrogen and oxygen atoms in total. The fourth-order valence-electron chi connectivity index (χ4n) is 6.28. The molecule has 1 aliphatic carbocycles. The molecule has 0 unspecified atom stereocenters. The monoisotopic (exact) mass is 564 g/mol. The highest BCUT2D eigenvalue weighted by molar-refractivity contribution is 5.81. The van der Waals surface area contributed by atoms with Gasteiger partial charge in [0.2, 0.25) is 0 Å². The highest BCUT2D eigenvalue weighted by Gasteiger charge is 2.45. The van der Waals surface area contributed by atoms with E-state index in [-0.39, 0.29) is 11.2 Å². The molecule has 5 N–H and O–H groups in total. The normalized spacial score (nSPS) is 26.8. The first-order valence-electron chi connectivity index (χ1n) is 14.3. The molecule has 1 saturated heterocycles. The number of nitrogens with two attached hydrogens (primary N) is 1. The first-order valence-corrected chi connectivity index (χ1v) is 14.3. The van der Waals surface area contributed by atoms with Crippen molar-refractivity contribution in [3.05, 3.63) is 42.2 Å². The second-order valence-corrected chi connectivity index (χ2v) is 12.3. The van der Waals surface area contributed by atoms with E-state index in [0.29, 0.717) is 36.3 Å². The minimum Gasteiger partial charge on any atom is -0.387 e. The molecule has 0 spiro atoms. The summed E-state index contributed by atoms with van der Waals surface area (Å²) in [5.74, 6) is 1.91. The number of methoxy groups -OCH3 is 1. The Balaban J connectivity index is 1.00. The quantitative estimate of drug-likeness (QED) is 0.225. The minimum atomic E-state index is -1.11. The van der Waals surface area contributed by atoms with Gasteiger partial charge < -0.3 is 35.3 Å². The number of fused-ring (bicyclic) bond motifs is 2. The number of H-pyrrole nitrogens is 1. The Morgan fingerprint density at radius 3 is 2.78 bits per heavy atom.